The first-order valence-electron chi connectivity index (χ1n) is 8.69. The number of nitrogens with zero attached hydrogens (tertiary/aromatic N) is 4. The summed E-state index contributed by atoms with van der Waals surface area (Å²) in [5.41, 5.74) is 2.08. The van der Waals surface area contributed by atoms with Crippen LogP contribution in [0.25, 0.3) is 11.3 Å². The minimum absolute atomic E-state index is 0.203. The zero-order valence-corrected chi connectivity index (χ0v) is 17.1. The molecule has 9 heteroatoms. The molecule has 0 N–H and O–H groups in total. The maximum absolute atomic E-state index is 13.6. The van der Waals surface area contributed by atoms with E-state index in [4.69, 9.17) is 11.6 Å². The highest BCUT2D eigenvalue weighted by molar-refractivity contribution is 7.91. The number of rotatable bonds is 4. The molecule has 2 aromatic heterocycles. The molecule has 3 aromatic rings. The fraction of sp³-hybridized carbons (Fsp3) is 0.333. The largest absolute Gasteiger partial charge is 0.275 e. The molecule has 0 aliphatic carbocycles. The van der Waals surface area contributed by atoms with Gasteiger partial charge in [0, 0.05) is 30.9 Å². The number of hydrogen-bond acceptors (Lipinski definition) is 5. The Morgan fingerprint density at radius 3 is 2.70 bits per heavy atom. The summed E-state index contributed by atoms with van der Waals surface area (Å²) in [4.78, 5) is 4.31. The molecule has 142 valence electrons. The van der Waals surface area contributed by atoms with Crippen LogP contribution in [0.2, 0.25) is 4.47 Å². The Hall–Kier alpha value is -1.74. The lowest BCUT2D eigenvalue weighted by Gasteiger charge is -2.33. The van der Waals surface area contributed by atoms with Gasteiger partial charge in [0.1, 0.15) is 5.69 Å². The Labute approximate surface area is 167 Å². The molecule has 1 fully saturated rings. The second kappa shape index (κ2) is 7.35. The number of aromatic nitrogens is 3. The third-order valence-electron chi connectivity index (χ3n) is 4.72. The number of sulfonamides is 1. The van der Waals surface area contributed by atoms with E-state index in [0.717, 1.165) is 41.7 Å². The van der Waals surface area contributed by atoms with Crippen LogP contribution in [-0.4, -0.2) is 34.0 Å². The summed E-state index contributed by atoms with van der Waals surface area (Å²) in [6, 6.07) is 9.07. The zero-order valence-electron chi connectivity index (χ0n) is 14.7. The van der Waals surface area contributed by atoms with Gasteiger partial charge < -0.3 is 0 Å². The van der Waals surface area contributed by atoms with Crippen molar-refractivity contribution in [1.29, 1.82) is 0 Å². The van der Waals surface area contributed by atoms with E-state index in [9.17, 15) is 8.42 Å². The minimum atomic E-state index is -3.74. The summed E-state index contributed by atoms with van der Waals surface area (Å²) in [6.07, 6.45) is 6.23. The normalized spacial score (nSPS) is 18.7. The van der Waals surface area contributed by atoms with Crippen LogP contribution in [-0.2, 0) is 17.1 Å². The number of benzene rings is 1. The van der Waals surface area contributed by atoms with E-state index in [0.29, 0.717) is 12.2 Å². The Kier molecular flexibility index (Phi) is 5.07. The molecule has 4 rings (SSSR count). The summed E-state index contributed by atoms with van der Waals surface area (Å²) in [7, 11) is -1.91. The monoisotopic (exact) mass is 422 g/mol. The average Bonchev–Trinajstić information content (AvgIpc) is 3.28. The molecule has 1 aliphatic rings. The quantitative estimate of drug-likeness (QED) is 0.634. The minimum Gasteiger partial charge on any atom is -0.275 e. The fourth-order valence-corrected chi connectivity index (χ4v) is 6.98. The van der Waals surface area contributed by atoms with Gasteiger partial charge in [-0.2, -0.15) is 9.40 Å². The molecule has 1 aromatic carbocycles. The van der Waals surface area contributed by atoms with Crippen molar-refractivity contribution in [3.8, 4) is 11.3 Å². The smallest absolute Gasteiger partial charge is 0.255 e. The predicted molar refractivity (Wildman–Crippen MR) is 106 cm³/mol. The molecule has 27 heavy (non-hydrogen) atoms. The van der Waals surface area contributed by atoms with Crippen LogP contribution in [0.4, 0.5) is 0 Å². The summed E-state index contributed by atoms with van der Waals surface area (Å²) in [5, 5.41) is 4.21. The van der Waals surface area contributed by atoms with Gasteiger partial charge in [0.05, 0.1) is 12.2 Å². The fourth-order valence-electron chi connectivity index (χ4n) is 3.48. The van der Waals surface area contributed by atoms with E-state index >= 15 is 0 Å². The molecule has 0 amide bonds. The van der Waals surface area contributed by atoms with Crippen molar-refractivity contribution in [2.24, 2.45) is 7.05 Å². The lowest BCUT2D eigenvalue weighted by molar-refractivity contribution is 0.256. The summed E-state index contributed by atoms with van der Waals surface area (Å²) >= 11 is 7.14. The second-order valence-electron chi connectivity index (χ2n) is 6.54. The van der Waals surface area contributed by atoms with Crippen LogP contribution < -0.4 is 0 Å². The van der Waals surface area contributed by atoms with E-state index in [1.807, 2.05) is 43.6 Å². The van der Waals surface area contributed by atoms with Crippen molar-refractivity contribution < 1.29 is 8.42 Å². The van der Waals surface area contributed by atoms with Crippen molar-refractivity contribution in [3.05, 3.63) is 52.8 Å². The van der Waals surface area contributed by atoms with Gasteiger partial charge >= 0.3 is 0 Å². The molecule has 1 saturated heterocycles. The second-order valence-corrected chi connectivity index (χ2v) is 10.2. The molecule has 0 saturated carbocycles. The van der Waals surface area contributed by atoms with E-state index in [-0.39, 0.29) is 14.7 Å². The van der Waals surface area contributed by atoms with Gasteiger partial charge in [-0.15, -0.1) is 0 Å². The number of hydrogen-bond donors (Lipinski definition) is 0. The third kappa shape index (κ3) is 3.54. The van der Waals surface area contributed by atoms with Gasteiger partial charge in [0.15, 0.2) is 8.68 Å². The molecule has 0 spiro atoms. The topological polar surface area (TPSA) is 68.1 Å². The van der Waals surface area contributed by atoms with Crippen LogP contribution in [0.15, 0.2) is 46.9 Å². The highest BCUT2D eigenvalue weighted by Gasteiger charge is 2.38. The Balaban J connectivity index is 1.79. The lowest BCUT2D eigenvalue weighted by atomic mass is 10.0. The Morgan fingerprint density at radius 2 is 2.00 bits per heavy atom. The third-order valence-corrected chi connectivity index (χ3v) is 8.28. The molecular formula is C18H19ClN4O2S2. The van der Waals surface area contributed by atoms with Crippen molar-refractivity contribution >= 4 is 33.0 Å². The number of thiazole rings is 1. The zero-order chi connectivity index (χ0) is 19.0. The van der Waals surface area contributed by atoms with Crippen molar-refractivity contribution in [2.45, 2.75) is 29.5 Å². The highest BCUT2D eigenvalue weighted by Crippen LogP contribution is 2.41. The van der Waals surface area contributed by atoms with Gasteiger partial charge in [-0.25, -0.2) is 13.4 Å². The average molecular weight is 423 g/mol. The van der Waals surface area contributed by atoms with Crippen molar-refractivity contribution in [3.63, 3.8) is 0 Å². The number of aryl methyl sites for hydroxylation is 1. The number of piperidine rings is 1. The molecule has 6 nitrogen and oxygen atoms in total. The highest BCUT2D eigenvalue weighted by atomic mass is 35.5. The molecule has 0 bridgehead atoms. The summed E-state index contributed by atoms with van der Waals surface area (Å²) < 4.78 is 30.9. The molecular weight excluding hydrogens is 404 g/mol. The Bertz CT molecular complexity index is 1050. The number of halogens is 1. The first-order valence-corrected chi connectivity index (χ1v) is 11.3. The van der Waals surface area contributed by atoms with Gasteiger partial charge in [-0.3, -0.25) is 4.68 Å². The van der Waals surface area contributed by atoms with Crippen LogP contribution in [0.5, 0.6) is 0 Å². The first-order chi connectivity index (χ1) is 13.0. The van der Waals surface area contributed by atoms with E-state index in [1.165, 1.54) is 0 Å². The predicted octanol–water partition coefficient (Wildman–Crippen LogP) is 4.11. The van der Waals surface area contributed by atoms with Crippen LogP contribution >= 0.6 is 22.9 Å². The van der Waals surface area contributed by atoms with Crippen LogP contribution in [0.3, 0.4) is 0 Å². The molecule has 1 aliphatic heterocycles. The first kappa shape index (κ1) is 18.6. The summed E-state index contributed by atoms with van der Waals surface area (Å²) in [5.74, 6) is 0. The SMILES string of the molecule is Cn1cc(C2CCCCN2S(=O)(=O)c2sc(Cl)nc2-c2ccccc2)cn1. The van der Waals surface area contributed by atoms with Crippen molar-refractivity contribution in [2.75, 3.05) is 6.54 Å². The molecule has 0 radical (unpaired) electrons. The van der Waals surface area contributed by atoms with Gasteiger partial charge in [0.25, 0.3) is 10.0 Å². The van der Waals surface area contributed by atoms with E-state index < -0.39 is 10.0 Å². The van der Waals surface area contributed by atoms with Crippen molar-refractivity contribution in [1.82, 2.24) is 19.1 Å². The maximum Gasteiger partial charge on any atom is 0.255 e. The molecule has 1 unspecified atom stereocenters. The lowest BCUT2D eigenvalue weighted by Crippen LogP contribution is -2.38. The van der Waals surface area contributed by atoms with Gasteiger partial charge in [-0.05, 0) is 12.8 Å². The standard InChI is InChI=1S/C18H19ClN4O2S2/c1-22-12-14(11-20-22)15-9-5-6-10-23(15)27(24,25)17-16(21-18(19)26-17)13-7-3-2-4-8-13/h2-4,7-8,11-12,15H,5-6,9-10H2,1H3. The Morgan fingerprint density at radius 1 is 1.22 bits per heavy atom. The summed E-state index contributed by atoms with van der Waals surface area (Å²) in [6.45, 7) is 0.478. The van der Waals surface area contributed by atoms with Gasteiger partial charge in [-0.1, -0.05) is 59.7 Å². The maximum atomic E-state index is 13.6. The van der Waals surface area contributed by atoms with Crippen LogP contribution in [0, 0.1) is 0 Å². The van der Waals surface area contributed by atoms with E-state index in [1.54, 1.807) is 15.2 Å². The van der Waals surface area contributed by atoms with Gasteiger partial charge in [0.2, 0.25) is 0 Å². The van der Waals surface area contributed by atoms with Crippen LogP contribution in [0.1, 0.15) is 30.9 Å². The molecule has 3 heterocycles. The molecule has 1 atom stereocenters. The van der Waals surface area contributed by atoms with E-state index in [2.05, 4.69) is 10.1 Å².